The van der Waals surface area contributed by atoms with Gasteiger partial charge in [-0.15, -0.1) is 0 Å². The van der Waals surface area contributed by atoms with Crippen LogP contribution in [0.2, 0.25) is 0 Å². The lowest BCUT2D eigenvalue weighted by Crippen LogP contribution is -2.35. The van der Waals surface area contributed by atoms with E-state index < -0.39 is 5.79 Å². The molecule has 1 fully saturated rings. The van der Waals surface area contributed by atoms with Gasteiger partial charge in [-0.05, 0) is 24.6 Å². The molecule has 1 heterocycles. The monoisotopic (exact) mass is 239 g/mol. The molecular formula is C12H17NO4. The summed E-state index contributed by atoms with van der Waals surface area (Å²) in [6.07, 6.45) is -0.182. The van der Waals surface area contributed by atoms with Crippen molar-refractivity contribution >= 4 is 0 Å². The fourth-order valence-corrected chi connectivity index (χ4v) is 1.79. The molecule has 0 bridgehead atoms. The molecule has 0 amide bonds. The SMILES string of the molecule is COc1cc(C2COC(C)(CN)O2)ccc1O. The van der Waals surface area contributed by atoms with Crippen LogP contribution in [0.3, 0.4) is 0 Å². The second-order valence-corrected chi connectivity index (χ2v) is 4.19. The Morgan fingerprint density at radius 1 is 1.59 bits per heavy atom. The third-order valence-corrected chi connectivity index (χ3v) is 2.88. The number of nitrogens with two attached hydrogens (primary N) is 1. The van der Waals surface area contributed by atoms with E-state index in [0.29, 0.717) is 18.9 Å². The van der Waals surface area contributed by atoms with E-state index in [4.69, 9.17) is 19.9 Å². The van der Waals surface area contributed by atoms with Crippen molar-refractivity contribution in [3.8, 4) is 11.5 Å². The Labute approximate surface area is 100 Å². The summed E-state index contributed by atoms with van der Waals surface area (Å²) in [6.45, 7) is 2.56. The molecule has 0 saturated carbocycles. The standard InChI is InChI=1S/C12H17NO4/c1-12(7-13)16-6-11(17-12)8-3-4-9(14)10(5-8)15-2/h3-5,11,14H,6-7,13H2,1-2H3. The molecule has 0 aromatic heterocycles. The van der Waals surface area contributed by atoms with Crippen LogP contribution in [0.5, 0.6) is 11.5 Å². The zero-order valence-corrected chi connectivity index (χ0v) is 9.97. The number of phenols is 1. The summed E-state index contributed by atoms with van der Waals surface area (Å²) in [7, 11) is 1.51. The Balaban J connectivity index is 2.19. The van der Waals surface area contributed by atoms with Crippen LogP contribution in [0.25, 0.3) is 0 Å². The minimum absolute atomic E-state index is 0.108. The van der Waals surface area contributed by atoms with Crippen LogP contribution in [-0.4, -0.2) is 31.2 Å². The topological polar surface area (TPSA) is 73.9 Å². The normalized spacial score (nSPS) is 28.3. The fraction of sp³-hybridized carbons (Fsp3) is 0.500. The van der Waals surface area contributed by atoms with Crippen molar-refractivity contribution in [2.45, 2.75) is 18.8 Å². The smallest absolute Gasteiger partial charge is 0.178 e. The number of phenolic OH excluding ortho intramolecular Hbond substituents is 1. The van der Waals surface area contributed by atoms with E-state index in [0.717, 1.165) is 5.56 Å². The van der Waals surface area contributed by atoms with Gasteiger partial charge >= 0.3 is 0 Å². The van der Waals surface area contributed by atoms with Gasteiger partial charge < -0.3 is 25.1 Å². The summed E-state index contributed by atoms with van der Waals surface area (Å²) in [4.78, 5) is 0. The Morgan fingerprint density at radius 3 is 2.94 bits per heavy atom. The maximum atomic E-state index is 9.51. The molecule has 94 valence electrons. The van der Waals surface area contributed by atoms with Gasteiger partial charge in [0.15, 0.2) is 17.3 Å². The van der Waals surface area contributed by atoms with Crippen molar-refractivity contribution in [1.29, 1.82) is 0 Å². The van der Waals surface area contributed by atoms with E-state index in [1.54, 1.807) is 18.2 Å². The molecular weight excluding hydrogens is 222 g/mol. The highest BCUT2D eigenvalue weighted by atomic mass is 16.7. The number of methoxy groups -OCH3 is 1. The summed E-state index contributed by atoms with van der Waals surface area (Å²) in [6, 6.07) is 5.11. The van der Waals surface area contributed by atoms with Crippen LogP contribution in [0.1, 0.15) is 18.6 Å². The zero-order valence-electron chi connectivity index (χ0n) is 9.97. The van der Waals surface area contributed by atoms with Crippen LogP contribution in [0.4, 0.5) is 0 Å². The van der Waals surface area contributed by atoms with E-state index in [9.17, 15) is 5.11 Å². The lowest BCUT2D eigenvalue weighted by molar-refractivity contribution is -0.145. The number of ether oxygens (including phenoxy) is 3. The first-order valence-corrected chi connectivity index (χ1v) is 5.47. The van der Waals surface area contributed by atoms with E-state index in [-0.39, 0.29) is 11.9 Å². The second kappa shape index (κ2) is 4.52. The average molecular weight is 239 g/mol. The lowest BCUT2D eigenvalue weighted by atomic mass is 10.1. The highest BCUT2D eigenvalue weighted by molar-refractivity contribution is 5.42. The molecule has 1 aromatic carbocycles. The summed E-state index contributed by atoms with van der Waals surface area (Å²) < 4.78 is 16.3. The number of rotatable bonds is 3. The van der Waals surface area contributed by atoms with E-state index >= 15 is 0 Å². The van der Waals surface area contributed by atoms with Gasteiger partial charge in [0.2, 0.25) is 0 Å². The maximum Gasteiger partial charge on any atom is 0.178 e. The molecule has 17 heavy (non-hydrogen) atoms. The van der Waals surface area contributed by atoms with Crippen LogP contribution >= 0.6 is 0 Å². The average Bonchev–Trinajstić information content (AvgIpc) is 2.73. The van der Waals surface area contributed by atoms with Crippen molar-refractivity contribution < 1.29 is 19.3 Å². The largest absolute Gasteiger partial charge is 0.504 e. The Morgan fingerprint density at radius 2 is 2.35 bits per heavy atom. The minimum atomic E-state index is -0.726. The van der Waals surface area contributed by atoms with Crippen LogP contribution in [0.15, 0.2) is 18.2 Å². The molecule has 5 heteroatoms. The predicted octanol–water partition coefficient (Wildman–Crippen LogP) is 1.16. The van der Waals surface area contributed by atoms with Gasteiger partial charge in [0.1, 0.15) is 6.10 Å². The van der Waals surface area contributed by atoms with Crippen molar-refractivity contribution in [1.82, 2.24) is 0 Å². The van der Waals surface area contributed by atoms with Crippen molar-refractivity contribution in [2.24, 2.45) is 5.73 Å². The quantitative estimate of drug-likeness (QED) is 0.828. The van der Waals surface area contributed by atoms with E-state index in [1.165, 1.54) is 7.11 Å². The van der Waals surface area contributed by atoms with E-state index in [1.807, 2.05) is 6.92 Å². The molecule has 3 N–H and O–H groups in total. The van der Waals surface area contributed by atoms with Gasteiger partial charge in [-0.25, -0.2) is 0 Å². The second-order valence-electron chi connectivity index (χ2n) is 4.19. The van der Waals surface area contributed by atoms with Gasteiger partial charge in [-0.1, -0.05) is 6.07 Å². The highest BCUT2D eigenvalue weighted by Gasteiger charge is 2.36. The third-order valence-electron chi connectivity index (χ3n) is 2.88. The van der Waals surface area contributed by atoms with Gasteiger partial charge in [-0.2, -0.15) is 0 Å². The summed E-state index contributed by atoms with van der Waals surface area (Å²) >= 11 is 0. The molecule has 2 rings (SSSR count). The number of hydrogen-bond donors (Lipinski definition) is 2. The molecule has 0 aliphatic carbocycles. The fourth-order valence-electron chi connectivity index (χ4n) is 1.79. The molecule has 2 unspecified atom stereocenters. The molecule has 1 aromatic rings. The summed E-state index contributed by atoms with van der Waals surface area (Å²) in [5.41, 5.74) is 6.47. The van der Waals surface area contributed by atoms with Crippen molar-refractivity contribution in [3.05, 3.63) is 23.8 Å². The predicted molar refractivity (Wildman–Crippen MR) is 61.9 cm³/mol. The molecule has 0 radical (unpaired) electrons. The lowest BCUT2D eigenvalue weighted by Gasteiger charge is -2.21. The van der Waals surface area contributed by atoms with Gasteiger partial charge in [0.05, 0.1) is 13.7 Å². The van der Waals surface area contributed by atoms with Crippen LogP contribution in [-0.2, 0) is 9.47 Å². The van der Waals surface area contributed by atoms with E-state index in [2.05, 4.69) is 0 Å². The molecule has 0 spiro atoms. The van der Waals surface area contributed by atoms with Crippen LogP contribution < -0.4 is 10.5 Å². The summed E-state index contributed by atoms with van der Waals surface area (Å²) in [5, 5.41) is 9.51. The molecule has 5 nitrogen and oxygen atoms in total. The third kappa shape index (κ3) is 2.36. The van der Waals surface area contributed by atoms with Crippen molar-refractivity contribution in [3.63, 3.8) is 0 Å². The maximum absolute atomic E-state index is 9.51. The highest BCUT2D eigenvalue weighted by Crippen LogP contribution is 2.36. The number of benzene rings is 1. The van der Waals surface area contributed by atoms with Gasteiger partial charge in [0, 0.05) is 6.54 Å². The molecule has 2 atom stereocenters. The Bertz CT molecular complexity index is 409. The molecule has 1 saturated heterocycles. The summed E-state index contributed by atoms with van der Waals surface area (Å²) in [5.74, 6) is -0.195. The first-order valence-electron chi connectivity index (χ1n) is 5.47. The first-order chi connectivity index (χ1) is 8.08. The van der Waals surface area contributed by atoms with Crippen molar-refractivity contribution in [2.75, 3.05) is 20.3 Å². The Kier molecular flexibility index (Phi) is 3.24. The molecule has 1 aliphatic heterocycles. The van der Waals surface area contributed by atoms with Crippen LogP contribution in [0, 0.1) is 0 Å². The molecule has 1 aliphatic rings. The number of aromatic hydroxyl groups is 1. The van der Waals surface area contributed by atoms with Gasteiger partial charge in [-0.3, -0.25) is 0 Å². The number of hydrogen-bond acceptors (Lipinski definition) is 5. The minimum Gasteiger partial charge on any atom is -0.504 e. The van der Waals surface area contributed by atoms with Gasteiger partial charge in [0.25, 0.3) is 0 Å². The first kappa shape index (κ1) is 12.2. The zero-order chi connectivity index (χ0) is 12.5. The Hall–Kier alpha value is -1.30.